The maximum Gasteiger partial charge on any atom is 0.271 e. The molecule has 8 heteroatoms. The zero-order valence-electron chi connectivity index (χ0n) is 8.72. The van der Waals surface area contributed by atoms with Crippen LogP contribution in [0.25, 0.3) is 10.6 Å². The van der Waals surface area contributed by atoms with E-state index < -0.39 is 10.1 Å². The SMILES string of the molecule is O=S(=O)(O)CC[n+]1ccc(-c2ncns2)cc1. The molecule has 90 valence electrons. The molecule has 17 heavy (non-hydrogen) atoms. The number of aryl methyl sites for hydroxylation is 1. The Labute approximate surface area is 102 Å². The van der Waals surface area contributed by atoms with Crippen LogP contribution in [0.3, 0.4) is 0 Å². The minimum Gasteiger partial charge on any atom is -0.285 e. The summed E-state index contributed by atoms with van der Waals surface area (Å²) < 4.78 is 35.4. The third-order valence-corrected chi connectivity index (χ3v) is 3.52. The van der Waals surface area contributed by atoms with Gasteiger partial charge in [-0.05, 0) is 11.5 Å². The molecule has 0 bridgehead atoms. The molecule has 0 aromatic carbocycles. The Bertz CT molecular complexity index is 578. The van der Waals surface area contributed by atoms with Gasteiger partial charge in [-0.1, -0.05) is 0 Å². The van der Waals surface area contributed by atoms with Gasteiger partial charge in [-0.3, -0.25) is 4.55 Å². The minimum absolute atomic E-state index is 0.217. The second-order valence-corrected chi connectivity index (χ2v) is 5.71. The van der Waals surface area contributed by atoms with E-state index in [2.05, 4.69) is 9.36 Å². The van der Waals surface area contributed by atoms with Crippen molar-refractivity contribution >= 4 is 21.7 Å². The molecule has 2 aromatic rings. The number of hydrogen-bond acceptors (Lipinski definition) is 5. The molecule has 0 unspecified atom stereocenters. The molecule has 0 spiro atoms. The topological polar surface area (TPSA) is 84.0 Å². The summed E-state index contributed by atoms with van der Waals surface area (Å²) in [5, 5.41) is 0.812. The van der Waals surface area contributed by atoms with Crippen LogP contribution in [0.5, 0.6) is 0 Å². The van der Waals surface area contributed by atoms with Crippen molar-refractivity contribution in [3.05, 3.63) is 30.9 Å². The van der Waals surface area contributed by atoms with Crippen LogP contribution in [0.4, 0.5) is 0 Å². The van der Waals surface area contributed by atoms with Crippen LogP contribution in [-0.2, 0) is 16.7 Å². The fourth-order valence-electron chi connectivity index (χ4n) is 1.27. The van der Waals surface area contributed by atoms with Crippen LogP contribution in [0.2, 0.25) is 0 Å². The van der Waals surface area contributed by atoms with Crippen molar-refractivity contribution in [2.45, 2.75) is 6.54 Å². The first-order valence-electron chi connectivity index (χ1n) is 4.76. The number of hydrogen-bond donors (Lipinski definition) is 1. The summed E-state index contributed by atoms with van der Waals surface area (Å²) in [6.07, 6.45) is 4.96. The maximum absolute atomic E-state index is 10.6. The summed E-state index contributed by atoms with van der Waals surface area (Å²) >= 11 is 1.29. The second kappa shape index (κ2) is 4.86. The molecule has 0 radical (unpaired) electrons. The smallest absolute Gasteiger partial charge is 0.271 e. The van der Waals surface area contributed by atoms with Crippen LogP contribution in [0, 0.1) is 0 Å². The molecule has 2 aromatic heterocycles. The highest BCUT2D eigenvalue weighted by Gasteiger charge is 2.10. The lowest BCUT2D eigenvalue weighted by molar-refractivity contribution is -0.692. The van der Waals surface area contributed by atoms with Crippen molar-refractivity contribution in [1.82, 2.24) is 9.36 Å². The van der Waals surface area contributed by atoms with Crippen molar-refractivity contribution in [2.75, 3.05) is 5.75 Å². The summed E-state index contributed by atoms with van der Waals surface area (Å²) in [6, 6.07) is 3.65. The van der Waals surface area contributed by atoms with Gasteiger partial charge in [0.1, 0.15) is 17.1 Å². The summed E-state index contributed by atoms with van der Waals surface area (Å²) in [5.41, 5.74) is 0.926. The van der Waals surface area contributed by atoms with Gasteiger partial charge >= 0.3 is 0 Å². The van der Waals surface area contributed by atoms with Gasteiger partial charge in [-0.15, -0.1) is 0 Å². The van der Waals surface area contributed by atoms with Crippen LogP contribution in [0.15, 0.2) is 30.9 Å². The van der Waals surface area contributed by atoms with Gasteiger partial charge in [0.15, 0.2) is 18.9 Å². The second-order valence-electron chi connectivity index (χ2n) is 3.36. The van der Waals surface area contributed by atoms with Crippen LogP contribution in [-0.4, -0.2) is 28.1 Å². The number of nitrogens with zero attached hydrogens (tertiary/aromatic N) is 3. The highest BCUT2D eigenvalue weighted by molar-refractivity contribution is 7.85. The van der Waals surface area contributed by atoms with Crippen molar-refractivity contribution in [1.29, 1.82) is 0 Å². The van der Waals surface area contributed by atoms with E-state index in [9.17, 15) is 8.42 Å². The Balaban J connectivity index is 2.09. The highest BCUT2D eigenvalue weighted by Crippen LogP contribution is 2.17. The number of aromatic nitrogens is 3. The predicted molar refractivity (Wildman–Crippen MR) is 62.0 cm³/mol. The first kappa shape index (κ1) is 12.1. The van der Waals surface area contributed by atoms with E-state index in [4.69, 9.17) is 4.55 Å². The van der Waals surface area contributed by atoms with E-state index in [0.717, 1.165) is 10.6 Å². The average Bonchev–Trinajstić information content (AvgIpc) is 2.79. The number of pyridine rings is 1. The van der Waals surface area contributed by atoms with Gasteiger partial charge in [-0.2, -0.15) is 12.8 Å². The quantitative estimate of drug-likeness (QED) is 0.642. The molecular weight excluding hydrogens is 262 g/mol. The largest absolute Gasteiger partial charge is 0.285 e. The molecule has 0 amide bonds. The lowest BCUT2D eigenvalue weighted by atomic mass is 10.3. The molecule has 0 saturated carbocycles. The first-order chi connectivity index (χ1) is 8.04. The zero-order chi connectivity index (χ0) is 12.3. The van der Waals surface area contributed by atoms with Gasteiger partial charge in [0.05, 0.1) is 0 Å². The molecule has 6 nitrogen and oxygen atoms in total. The minimum atomic E-state index is -3.92. The lowest BCUT2D eigenvalue weighted by Crippen LogP contribution is -2.36. The molecule has 0 saturated heterocycles. The summed E-state index contributed by atoms with van der Waals surface area (Å²) in [7, 11) is -3.92. The molecule has 2 rings (SSSR count). The van der Waals surface area contributed by atoms with E-state index in [1.165, 1.54) is 17.9 Å². The summed E-state index contributed by atoms with van der Waals surface area (Å²) in [6.45, 7) is 0.217. The Hall–Kier alpha value is -1.38. The molecule has 2 heterocycles. The van der Waals surface area contributed by atoms with E-state index >= 15 is 0 Å². The lowest BCUT2D eigenvalue weighted by Gasteiger charge is -1.96. The molecule has 0 aliphatic heterocycles. The first-order valence-corrected chi connectivity index (χ1v) is 7.14. The van der Waals surface area contributed by atoms with Gasteiger partial charge in [0.2, 0.25) is 0 Å². The predicted octanol–water partition coefficient (Wildman–Crippen LogP) is 0.380. The fraction of sp³-hybridized carbons (Fsp3) is 0.222. The highest BCUT2D eigenvalue weighted by atomic mass is 32.2. The van der Waals surface area contributed by atoms with Crippen molar-refractivity contribution in [3.8, 4) is 10.6 Å². The Morgan fingerprint density at radius 2 is 2.06 bits per heavy atom. The van der Waals surface area contributed by atoms with Crippen LogP contribution >= 0.6 is 11.5 Å². The molecule has 0 atom stereocenters. The maximum atomic E-state index is 10.6. The third-order valence-electron chi connectivity index (χ3n) is 2.11. The van der Waals surface area contributed by atoms with Gasteiger partial charge in [0, 0.05) is 17.7 Å². The van der Waals surface area contributed by atoms with Gasteiger partial charge in [-0.25, -0.2) is 9.55 Å². The molecule has 0 fully saturated rings. The molecule has 1 N–H and O–H groups in total. The van der Waals surface area contributed by atoms with Crippen molar-refractivity contribution in [3.63, 3.8) is 0 Å². The van der Waals surface area contributed by atoms with Crippen LogP contribution in [0.1, 0.15) is 0 Å². The van der Waals surface area contributed by atoms with E-state index in [0.29, 0.717) is 0 Å². The van der Waals surface area contributed by atoms with Crippen molar-refractivity contribution < 1.29 is 17.5 Å². The Morgan fingerprint density at radius 3 is 2.59 bits per heavy atom. The average molecular weight is 272 g/mol. The zero-order valence-corrected chi connectivity index (χ0v) is 10.4. The molecular formula is C9H10N3O3S2+. The standard InChI is InChI=1S/C9H9N3O3S2/c13-17(14,15)6-5-12-3-1-8(2-4-12)9-10-7-11-16-9/h1-4,7H,5-6H2/p+1. The van der Waals surface area contributed by atoms with Crippen molar-refractivity contribution in [2.24, 2.45) is 0 Å². The van der Waals surface area contributed by atoms with E-state index in [1.807, 2.05) is 12.1 Å². The summed E-state index contributed by atoms with van der Waals surface area (Å²) in [4.78, 5) is 4.06. The van der Waals surface area contributed by atoms with Crippen LogP contribution < -0.4 is 4.57 Å². The van der Waals surface area contributed by atoms with Gasteiger partial charge in [0.25, 0.3) is 10.1 Å². The van der Waals surface area contributed by atoms with Gasteiger partial charge < -0.3 is 0 Å². The Morgan fingerprint density at radius 1 is 1.35 bits per heavy atom. The monoisotopic (exact) mass is 272 g/mol. The van der Waals surface area contributed by atoms with E-state index in [1.54, 1.807) is 17.0 Å². The molecule has 0 aliphatic carbocycles. The van der Waals surface area contributed by atoms with E-state index in [-0.39, 0.29) is 12.3 Å². The Kier molecular flexibility index (Phi) is 3.46. The third kappa shape index (κ3) is 3.55. The fourth-order valence-corrected chi connectivity index (χ4v) is 2.24. The summed E-state index contributed by atoms with van der Waals surface area (Å²) in [5.74, 6) is -0.296. The number of rotatable bonds is 4. The molecule has 0 aliphatic rings. The normalized spacial score (nSPS) is 11.6.